The van der Waals surface area contributed by atoms with E-state index in [9.17, 15) is 4.79 Å². The summed E-state index contributed by atoms with van der Waals surface area (Å²) in [5.74, 6) is 0.146. The summed E-state index contributed by atoms with van der Waals surface area (Å²) in [5.41, 5.74) is 1.99. The molecule has 1 heterocycles. The minimum Gasteiger partial charge on any atom is -0.303 e. The summed E-state index contributed by atoms with van der Waals surface area (Å²) in [6.07, 6.45) is 0. The summed E-state index contributed by atoms with van der Waals surface area (Å²) in [5, 5.41) is 0.656. The largest absolute Gasteiger partial charge is 0.303 e. The SMILES string of the molecule is CN1CCN(CC(=O)c2ccc(Cl)cc2)C(c2ccccc2)C1. The van der Waals surface area contributed by atoms with Crippen LogP contribution in [0.2, 0.25) is 5.02 Å². The minimum atomic E-state index is 0.146. The standard InChI is InChI=1S/C19H21ClN2O/c1-21-11-12-22(18(13-21)15-5-3-2-4-6-15)14-19(23)16-7-9-17(20)10-8-16/h2-10,18H,11-14H2,1H3. The molecular weight excluding hydrogens is 308 g/mol. The van der Waals surface area contributed by atoms with Crippen LogP contribution in [0.4, 0.5) is 0 Å². The smallest absolute Gasteiger partial charge is 0.176 e. The zero-order chi connectivity index (χ0) is 16.2. The van der Waals surface area contributed by atoms with Gasteiger partial charge in [0.15, 0.2) is 5.78 Å². The Morgan fingerprint density at radius 2 is 1.78 bits per heavy atom. The number of hydrogen-bond donors (Lipinski definition) is 0. The van der Waals surface area contributed by atoms with Crippen LogP contribution in [0.3, 0.4) is 0 Å². The number of nitrogens with zero attached hydrogens (tertiary/aromatic N) is 2. The molecular formula is C19H21ClN2O. The van der Waals surface area contributed by atoms with Crippen molar-refractivity contribution in [3.63, 3.8) is 0 Å². The molecule has 0 amide bonds. The molecule has 4 heteroatoms. The fourth-order valence-corrected chi connectivity index (χ4v) is 3.18. The maximum Gasteiger partial charge on any atom is 0.176 e. The van der Waals surface area contributed by atoms with Crippen molar-refractivity contribution in [2.45, 2.75) is 6.04 Å². The Morgan fingerprint density at radius 3 is 2.48 bits per heavy atom. The number of ketones is 1. The molecule has 1 atom stereocenters. The minimum absolute atomic E-state index is 0.146. The number of piperazine rings is 1. The van der Waals surface area contributed by atoms with Gasteiger partial charge in [0.25, 0.3) is 0 Å². The van der Waals surface area contributed by atoms with Gasteiger partial charge in [0.05, 0.1) is 6.54 Å². The second-order valence-corrected chi connectivity index (χ2v) is 6.53. The first-order valence-electron chi connectivity index (χ1n) is 7.90. The summed E-state index contributed by atoms with van der Waals surface area (Å²) >= 11 is 5.90. The summed E-state index contributed by atoms with van der Waals surface area (Å²) in [4.78, 5) is 17.2. The van der Waals surface area contributed by atoms with E-state index >= 15 is 0 Å². The van der Waals surface area contributed by atoms with Crippen LogP contribution in [-0.2, 0) is 0 Å². The molecule has 3 rings (SSSR count). The van der Waals surface area contributed by atoms with Crippen molar-refractivity contribution in [3.05, 3.63) is 70.7 Å². The molecule has 120 valence electrons. The molecule has 0 bridgehead atoms. The number of Topliss-reactive ketones (excluding diaryl/α,β-unsaturated/α-hetero) is 1. The lowest BCUT2D eigenvalue weighted by molar-refractivity contribution is 0.0703. The van der Waals surface area contributed by atoms with Crippen LogP contribution in [-0.4, -0.2) is 48.8 Å². The molecule has 1 saturated heterocycles. The van der Waals surface area contributed by atoms with E-state index in [1.807, 2.05) is 6.07 Å². The zero-order valence-corrected chi connectivity index (χ0v) is 14.0. The van der Waals surface area contributed by atoms with Gasteiger partial charge in [-0.25, -0.2) is 0 Å². The normalized spacial score (nSPS) is 19.7. The predicted molar refractivity (Wildman–Crippen MR) is 94.0 cm³/mol. The molecule has 0 aromatic heterocycles. The average molecular weight is 329 g/mol. The van der Waals surface area contributed by atoms with Crippen molar-refractivity contribution in [1.82, 2.24) is 9.80 Å². The van der Waals surface area contributed by atoms with E-state index in [1.165, 1.54) is 5.56 Å². The van der Waals surface area contributed by atoms with Gasteiger partial charge < -0.3 is 4.90 Å². The molecule has 1 aliphatic rings. The Morgan fingerprint density at radius 1 is 1.09 bits per heavy atom. The van der Waals surface area contributed by atoms with Gasteiger partial charge in [-0.15, -0.1) is 0 Å². The lowest BCUT2D eigenvalue weighted by Crippen LogP contribution is -2.48. The number of halogens is 1. The first-order chi connectivity index (χ1) is 11.1. The molecule has 1 fully saturated rings. The summed E-state index contributed by atoms with van der Waals surface area (Å²) in [6, 6.07) is 17.8. The van der Waals surface area contributed by atoms with Crippen molar-refractivity contribution in [2.75, 3.05) is 33.2 Å². The molecule has 0 radical (unpaired) electrons. The number of likely N-dealkylation sites (N-methyl/N-ethyl adjacent to an activating group) is 1. The van der Waals surface area contributed by atoms with Crippen molar-refractivity contribution < 1.29 is 4.79 Å². The van der Waals surface area contributed by atoms with Gasteiger partial charge in [0.1, 0.15) is 0 Å². The van der Waals surface area contributed by atoms with E-state index in [0.717, 1.165) is 25.2 Å². The molecule has 2 aromatic carbocycles. The van der Waals surface area contributed by atoms with Gasteiger partial charge in [-0.1, -0.05) is 41.9 Å². The average Bonchev–Trinajstić information content (AvgIpc) is 2.58. The Labute approximate surface area is 142 Å². The number of carbonyl (C=O) groups is 1. The molecule has 0 saturated carbocycles. The van der Waals surface area contributed by atoms with Crippen LogP contribution < -0.4 is 0 Å². The highest BCUT2D eigenvalue weighted by Crippen LogP contribution is 2.25. The number of hydrogen-bond acceptors (Lipinski definition) is 3. The molecule has 23 heavy (non-hydrogen) atoms. The van der Waals surface area contributed by atoms with Crippen LogP contribution >= 0.6 is 11.6 Å². The third-order valence-corrected chi connectivity index (χ3v) is 4.64. The molecule has 3 nitrogen and oxygen atoms in total. The van der Waals surface area contributed by atoms with E-state index in [1.54, 1.807) is 24.3 Å². The van der Waals surface area contributed by atoms with E-state index in [-0.39, 0.29) is 11.8 Å². The lowest BCUT2D eigenvalue weighted by atomic mass is 10.0. The highest BCUT2D eigenvalue weighted by atomic mass is 35.5. The molecule has 0 aliphatic carbocycles. The fraction of sp³-hybridized carbons (Fsp3) is 0.316. The lowest BCUT2D eigenvalue weighted by Gasteiger charge is -2.40. The van der Waals surface area contributed by atoms with Gasteiger partial charge in [-0.05, 0) is 36.9 Å². The molecule has 1 unspecified atom stereocenters. The zero-order valence-electron chi connectivity index (χ0n) is 13.3. The van der Waals surface area contributed by atoms with Crippen molar-refractivity contribution in [2.24, 2.45) is 0 Å². The number of benzene rings is 2. The first-order valence-corrected chi connectivity index (χ1v) is 8.27. The Balaban J connectivity index is 1.76. The molecule has 2 aromatic rings. The van der Waals surface area contributed by atoms with Gasteiger partial charge in [0.2, 0.25) is 0 Å². The van der Waals surface area contributed by atoms with Crippen LogP contribution in [0.1, 0.15) is 22.0 Å². The predicted octanol–water partition coefficient (Wildman–Crippen LogP) is 3.51. The summed E-state index contributed by atoms with van der Waals surface area (Å²) in [7, 11) is 2.13. The molecule has 0 spiro atoms. The van der Waals surface area contributed by atoms with Gasteiger partial charge in [0, 0.05) is 36.3 Å². The Kier molecular flexibility index (Phi) is 5.11. The van der Waals surface area contributed by atoms with Gasteiger partial charge in [-0.3, -0.25) is 9.69 Å². The highest BCUT2D eigenvalue weighted by Gasteiger charge is 2.28. The van der Waals surface area contributed by atoms with Crippen LogP contribution in [0.25, 0.3) is 0 Å². The highest BCUT2D eigenvalue weighted by molar-refractivity contribution is 6.30. The van der Waals surface area contributed by atoms with Gasteiger partial charge in [-0.2, -0.15) is 0 Å². The third kappa shape index (κ3) is 3.99. The first kappa shape index (κ1) is 16.2. The monoisotopic (exact) mass is 328 g/mol. The molecule has 0 N–H and O–H groups in total. The van der Waals surface area contributed by atoms with Crippen LogP contribution in [0, 0.1) is 0 Å². The van der Waals surface area contributed by atoms with Crippen molar-refractivity contribution in [1.29, 1.82) is 0 Å². The van der Waals surface area contributed by atoms with E-state index in [2.05, 4.69) is 41.1 Å². The van der Waals surface area contributed by atoms with E-state index in [0.29, 0.717) is 11.6 Å². The molecule has 1 aliphatic heterocycles. The van der Waals surface area contributed by atoms with Crippen LogP contribution in [0.15, 0.2) is 54.6 Å². The van der Waals surface area contributed by atoms with E-state index < -0.39 is 0 Å². The van der Waals surface area contributed by atoms with E-state index in [4.69, 9.17) is 11.6 Å². The summed E-state index contributed by atoms with van der Waals surface area (Å²) in [6.45, 7) is 3.26. The topological polar surface area (TPSA) is 23.6 Å². The Bertz CT molecular complexity index is 657. The fourth-order valence-electron chi connectivity index (χ4n) is 3.05. The maximum atomic E-state index is 12.6. The second kappa shape index (κ2) is 7.26. The maximum absolute atomic E-state index is 12.6. The van der Waals surface area contributed by atoms with Crippen LogP contribution in [0.5, 0.6) is 0 Å². The Hall–Kier alpha value is -1.68. The quantitative estimate of drug-likeness (QED) is 0.802. The van der Waals surface area contributed by atoms with Crippen molar-refractivity contribution in [3.8, 4) is 0 Å². The number of carbonyl (C=O) groups excluding carboxylic acids is 1. The summed E-state index contributed by atoms with van der Waals surface area (Å²) < 4.78 is 0. The van der Waals surface area contributed by atoms with Crippen molar-refractivity contribution >= 4 is 17.4 Å². The van der Waals surface area contributed by atoms with Gasteiger partial charge >= 0.3 is 0 Å². The second-order valence-electron chi connectivity index (χ2n) is 6.09. The third-order valence-electron chi connectivity index (χ3n) is 4.39. The number of rotatable bonds is 4.